The molecule has 0 aliphatic carbocycles. The number of nitrogens with zero attached hydrogens (tertiary/aromatic N) is 3. The van der Waals surface area contributed by atoms with Crippen molar-refractivity contribution in [1.82, 2.24) is 25.8 Å². The Kier molecular flexibility index (Phi) is 8.36. The first kappa shape index (κ1) is 24.9. The maximum Gasteiger partial charge on any atom is 0.270 e. The molecule has 0 unspecified atom stereocenters. The molecule has 10 nitrogen and oxygen atoms in total. The molecule has 1 aromatic heterocycles. The second kappa shape index (κ2) is 11.4. The number of benzene rings is 2. The number of non-ortho nitro benzene ring substituents is 1. The van der Waals surface area contributed by atoms with Crippen LogP contribution in [0.5, 0.6) is 0 Å². The molecule has 3 rings (SSSR count). The van der Waals surface area contributed by atoms with Crippen molar-refractivity contribution in [2.24, 2.45) is 5.92 Å². The molecule has 0 aliphatic rings. The van der Waals surface area contributed by atoms with E-state index >= 15 is 0 Å². The van der Waals surface area contributed by atoms with Crippen molar-refractivity contribution >= 4 is 29.3 Å². The van der Waals surface area contributed by atoms with E-state index in [1.165, 1.54) is 36.0 Å². The van der Waals surface area contributed by atoms with E-state index in [-0.39, 0.29) is 34.9 Å². The van der Waals surface area contributed by atoms with Crippen LogP contribution in [0.2, 0.25) is 0 Å². The van der Waals surface area contributed by atoms with Gasteiger partial charge in [0.1, 0.15) is 5.82 Å². The minimum atomic E-state index is -0.548. The number of amides is 2. The van der Waals surface area contributed by atoms with Crippen molar-refractivity contribution in [1.29, 1.82) is 0 Å². The molecular formula is C23H26N6O4S. The summed E-state index contributed by atoms with van der Waals surface area (Å²) in [6.07, 6.45) is 0. The van der Waals surface area contributed by atoms with Gasteiger partial charge in [-0.25, -0.2) is 4.98 Å². The van der Waals surface area contributed by atoms with Crippen LogP contribution >= 0.6 is 11.8 Å². The highest BCUT2D eigenvalue weighted by atomic mass is 32.2. The van der Waals surface area contributed by atoms with Gasteiger partial charge < -0.3 is 10.6 Å². The summed E-state index contributed by atoms with van der Waals surface area (Å²) in [5.74, 6) is -0.0619. The van der Waals surface area contributed by atoms with Gasteiger partial charge in [0.2, 0.25) is 11.1 Å². The highest BCUT2D eigenvalue weighted by Gasteiger charge is 2.24. The van der Waals surface area contributed by atoms with Gasteiger partial charge in [-0.05, 0) is 24.5 Å². The molecule has 0 radical (unpaired) electrons. The van der Waals surface area contributed by atoms with Crippen LogP contribution in [0.15, 0.2) is 59.8 Å². The van der Waals surface area contributed by atoms with Crippen LogP contribution in [-0.4, -0.2) is 37.7 Å². The number of aromatic amines is 1. The monoisotopic (exact) mass is 482 g/mol. The number of nitro benzene ring substituents is 1. The third-order valence-electron chi connectivity index (χ3n) is 5.06. The number of H-pyrrole nitrogens is 1. The minimum absolute atomic E-state index is 0.0385. The van der Waals surface area contributed by atoms with Gasteiger partial charge in [0.25, 0.3) is 11.6 Å². The number of carbonyl (C=O) groups excluding carboxylic acids is 2. The molecule has 0 saturated heterocycles. The van der Waals surface area contributed by atoms with Crippen molar-refractivity contribution in [3.05, 3.63) is 81.7 Å². The molecule has 0 saturated carbocycles. The lowest BCUT2D eigenvalue weighted by molar-refractivity contribution is -0.384. The Labute approximate surface area is 201 Å². The molecule has 3 N–H and O–H groups in total. The molecule has 178 valence electrons. The molecule has 3 aromatic rings. The van der Waals surface area contributed by atoms with E-state index in [1.54, 1.807) is 0 Å². The van der Waals surface area contributed by atoms with Gasteiger partial charge in [-0.1, -0.05) is 62.0 Å². The summed E-state index contributed by atoms with van der Waals surface area (Å²) < 4.78 is 0. The lowest BCUT2D eigenvalue weighted by Crippen LogP contribution is -2.32. The minimum Gasteiger partial charge on any atom is -0.349 e. The molecule has 34 heavy (non-hydrogen) atoms. The van der Waals surface area contributed by atoms with Crippen LogP contribution < -0.4 is 10.6 Å². The highest BCUT2D eigenvalue weighted by Crippen LogP contribution is 2.23. The second-order valence-electron chi connectivity index (χ2n) is 7.99. The number of carbonyl (C=O) groups is 2. The number of nitrogens with one attached hydrogen (secondary N) is 3. The first-order chi connectivity index (χ1) is 16.2. The van der Waals surface area contributed by atoms with Gasteiger partial charge in [-0.3, -0.25) is 24.8 Å². The molecule has 2 amide bonds. The summed E-state index contributed by atoms with van der Waals surface area (Å²) in [5.41, 5.74) is 1.03. The average Bonchev–Trinajstić information content (AvgIpc) is 3.30. The van der Waals surface area contributed by atoms with Crippen molar-refractivity contribution in [3.63, 3.8) is 0 Å². The fourth-order valence-electron chi connectivity index (χ4n) is 3.24. The molecule has 11 heteroatoms. The van der Waals surface area contributed by atoms with Crippen LogP contribution in [0.25, 0.3) is 0 Å². The Hall–Kier alpha value is -3.73. The Morgan fingerprint density at radius 3 is 2.50 bits per heavy atom. The molecule has 0 spiro atoms. The third-order valence-corrected chi connectivity index (χ3v) is 5.91. The van der Waals surface area contributed by atoms with Crippen LogP contribution in [0.3, 0.4) is 0 Å². The average molecular weight is 483 g/mol. The topological polar surface area (TPSA) is 143 Å². The van der Waals surface area contributed by atoms with Gasteiger partial charge in [0.05, 0.1) is 22.8 Å². The quantitative estimate of drug-likeness (QED) is 0.226. The van der Waals surface area contributed by atoms with Crippen LogP contribution in [0.1, 0.15) is 54.6 Å². The highest BCUT2D eigenvalue weighted by molar-refractivity contribution is 7.99. The van der Waals surface area contributed by atoms with Crippen LogP contribution in [-0.2, 0) is 4.79 Å². The molecular weight excluding hydrogens is 456 g/mol. The summed E-state index contributed by atoms with van der Waals surface area (Å²) in [4.78, 5) is 39.9. The van der Waals surface area contributed by atoms with E-state index in [4.69, 9.17) is 0 Å². The number of rotatable bonds is 10. The Morgan fingerprint density at radius 2 is 1.82 bits per heavy atom. The number of hydrogen-bond acceptors (Lipinski definition) is 7. The molecule has 0 bridgehead atoms. The summed E-state index contributed by atoms with van der Waals surface area (Å²) in [6, 6.07) is 14.6. The Bertz CT molecular complexity index is 1150. The fraction of sp³-hybridized carbons (Fsp3) is 0.304. The van der Waals surface area contributed by atoms with Gasteiger partial charge >= 0.3 is 0 Å². The van der Waals surface area contributed by atoms with Crippen molar-refractivity contribution in [2.45, 2.75) is 38.0 Å². The number of aromatic nitrogens is 3. The number of thioether (sulfide) groups is 1. The second-order valence-corrected chi connectivity index (χ2v) is 8.94. The van der Waals surface area contributed by atoms with Gasteiger partial charge in [-0.2, -0.15) is 0 Å². The number of nitro groups is 1. The summed E-state index contributed by atoms with van der Waals surface area (Å²) >= 11 is 1.18. The van der Waals surface area contributed by atoms with E-state index in [2.05, 4.69) is 25.8 Å². The predicted molar refractivity (Wildman–Crippen MR) is 128 cm³/mol. The van der Waals surface area contributed by atoms with Crippen molar-refractivity contribution in [2.75, 3.05) is 5.75 Å². The zero-order valence-electron chi connectivity index (χ0n) is 19.0. The van der Waals surface area contributed by atoms with Crippen LogP contribution in [0, 0.1) is 16.0 Å². The first-order valence-corrected chi connectivity index (χ1v) is 11.7. The standard InChI is InChI=1S/C23H26N6O4S/c1-14(2)20(25-22(31)17-10-7-11-18(12-17)29(32)33)21-26-23(28-27-21)34-13-19(30)24-15(3)16-8-5-4-6-9-16/h4-12,14-15,20H,13H2,1-3H3,(H,24,30)(H,25,31)(H,26,27,28)/t15-,20+/m0/s1. The van der Waals surface area contributed by atoms with E-state index in [0.717, 1.165) is 5.56 Å². The Balaban J connectivity index is 1.60. The number of hydrogen-bond donors (Lipinski definition) is 3. The van der Waals surface area contributed by atoms with Gasteiger partial charge in [-0.15, -0.1) is 5.10 Å². The normalized spacial score (nSPS) is 12.7. The maximum absolute atomic E-state index is 12.7. The molecule has 2 aromatic carbocycles. The fourth-order valence-corrected chi connectivity index (χ4v) is 3.85. The lowest BCUT2D eigenvalue weighted by Gasteiger charge is -2.19. The molecule has 0 aliphatic heterocycles. The van der Waals surface area contributed by atoms with E-state index < -0.39 is 16.9 Å². The van der Waals surface area contributed by atoms with Gasteiger partial charge in [0, 0.05) is 17.7 Å². The van der Waals surface area contributed by atoms with Crippen LogP contribution in [0.4, 0.5) is 5.69 Å². The zero-order valence-corrected chi connectivity index (χ0v) is 19.8. The third kappa shape index (κ3) is 6.64. The first-order valence-electron chi connectivity index (χ1n) is 10.7. The Morgan fingerprint density at radius 1 is 1.09 bits per heavy atom. The molecule has 2 atom stereocenters. The largest absolute Gasteiger partial charge is 0.349 e. The van der Waals surface area contributed by atoms with E-state index in [9.17, 15) is 19.7 Å². The SMILES string of the molecule is CC(C)[C@@H](NC(=O)c1cccc([N+](=O)[O-])c1)c1nc(SCC(=O)N[C@@H](C)c2ccccc2)n[nH]1. The van der Waals surface area contributed by atoms with Gasteiger partial charge in [0.15, 0.2) is 0 Å². The molecule has 1 heterocycles. The smallest absolute Gasteiger partial charge is 0.270 e. The lowest BCUT2D eigenvalue weighted by atomic mass is 10.0. The summed E-state index contributed by atoms with van der Waals surface area (Å²) in [7, 11) is 0. The van der Waals surface area contributed by atoms with Crippen molar-refractivity contribution in [3.8, 4) is 0 Å². The maximum atomic E-state index is 12.7. The summed E-state index contributed by atoms with van der Waals surface area (Å²) in [5, 5.41) is 24.1. The zero-order chi connectivity index (χ0) is 24.7. The summed E-state index contributed by atoms with van der Waals surface area (Å²) in [6.45, 7) is 5.73. The molecule has 0 fully saturated rings. The van der Waals surface area contributed by atoms with E-state index in [1.807, 2.05) is 51.1 Å². The predicted octanol–water partition coefficient (Wildman–Crippen LogP) is 3.81. The van der Waals surface area contributed by atoms with E-state index in [0.29, 0.717) is 11.0 Å². The van der Waals surface area contributed by atoms with Crippen molar-refractivity contribution < 1.29 is 14.5 Å².